The van der Waals surface area contributed by atoms with E-state index < -0.39 is 30.3 Å². The van der Waals surface area contributed by atoms with Crippen LogP contribution in [0.25, 0.3) is 0 Å². The van der Waals surface area contributed by atoms with Crippen molar-refractivity contribution in [1.82, 2.24) is 15.2 Å². The third-order valence-electron chi connectivity index (χ3n) is 6.69. The fourth-order valence-corrected chi connectivity index (χ4v) is 5.61. The number of cyclic esters (lactones) is 1. The van der Waals surface area contributed by atoms with Crippen LogP contribution in [-0.4, -0.2) is 75.3 Å². The molecule has 208 valence electrons. The summed E-state index contributed by atoms with van der Waals surface area (Å²) in [6, 6.07) is -0.697. The van der Waals surface area contributed by atoms with Gasteiger partial charge >= 0.3 is 5.97 Å². The molecule has 1 fully saturated rings. The molecule has 1 saturated heterocycles. The Morgan fingerprint density at radius 2 is 1.97 bits per heavy atom. The summed E-state index contributed by atoms with van der Waals surface area (Å²) in [6.07, 6.45) is 7.73. The third kappa shape index (κ3) is 8.34. The van der Waals surface area contributed by atoms with Crippen molar-refractivity contribution in [2.75, 3.05) is 13.1 Å². The van der Waals surface area contributed by atoms with Crippen molar-refractivity contribution in [3.05, 3.63) is 52.0 Å². The number of carbonyl (C=O) groups excluding carboxylic acids is 3. The molecular formula is C28H39N3O6S. The van der Waals surface area contributed by atoms with E-state index in [4.69, 9.17) is 4.74 Å². The summed E-state index contributed by atoms with van der Waals surface area (Å²) in [4.78, 5) is 44.7. The highest BCUT2D eigenvalue weighted by Crippen LogP contribution is 2.26. The van der Waals surface area contributed by atoms with Gasteiger partial charge in [-0.05, 0) is 31.8 Å². The molecule has 0 saturated carbocycles. The first-order chi connectivity index (χ1) is 18.0. The molecule has 0 spiro atoms. The monoisotopic (exact) mass is 545 g/mol. The molecule has 5 atom stereocenters. The number of nitrogens with one attached hydrogen (secondary N) is 1. The number of aliphatic hydroxyl groups excluding tert-OH is 2. The van der Waals surface area contributed by atoms with Crippen molar-refractivity contribution in [3.8, 4) is 0 Å². The number of esters is 1. The van der Waals surface area contributed by atoms with Crippen LogP contribution in [0.15, 0.2) is 41.3 Å². The predicted octanol–water partition coefficient (Wildman–Crippen LogP) is 2.79. The first-order valence-electron chi connectivity index (χ1n) is 13.2. The largest absolute Gasteiger partial charge is 0.460 e. The number of thiazole rings is 1. The van der Waals surface area contributed by atoms with Crippen molar-refractivity contribution >= 4 is 29.1 Å². The number of allylic oxidation sites excluding steroid dienone is 2. The third-order valence-corrected chi connectivity index (χ3v) is 7.56. The Balaban J connectivity index is 1.85. The van der Waals surface area contributed by atoms with Gasteiger partial charge in [-0.15, -0.1) is 11.3 Å². The summed E-state index contributed by atoms with van der Waals surface area (Å²) in [5, 5.41) is 25.8. The van der Waals surface area contributed by atoms with Crippen LogP contribution in [0.2, 0.25) is 0 Å². The average molecular weight is 546 g/mol. The number of nitrogens with zero attached hydrogens (tertiary/aromatic N) is 2. The van der Waals surface area contributed by atoms with E-state index in [-0.39, 0.29) is 42.2 Å². The molecule has 0 radical (unpaired) electrons. The van der Waals surface area contributed by atoms with Crippen molar-refractivity contribution in [1.29, 1.82) is 0 Å². The summed E-state index contributed by atoms with van der Waals surface area (Å²) < 4.78 is 5.91. The zero-order valence-electron chi connectivity index (χ0n) is 22.5. The molecule has 3 heterocycles. The van der Waals surface area contributed by atoms with Crippen LogP contribution in [0.3, 0.4) is 0 Å². The van der Waals surface area contributed by atoms with Crippen molar-refractivity contribution in [3.63, 3.8) is 0 Å². The Hall–Kier alpha value is -2.82. The molecule has 0 aromatic carbocycles. The van der Waals surface area contributed by atoms with Crippen LogP contribution >= 0.6 is 11.3 Å². The molecule has 1 aromatic rings. The van der Waals surface area contributed by atoms with E-state index in [0.29, 0.717) is 30.9 Å². The topological polar surface area (TPSA) is 129 Å². The Kier molecular flexibility index (Phi) is 10.8. The van der Waals surface area contributed by atoms with Gasteiger partial charge in [-0.1, -0.05) is 50.6 Å². The van der Waals surface area contributed by atoms with Crippen molar-refractivity contribution in [2.45, 2.75) is 77.7 Å². The highest BCUT2D eigenvalue weighted by molar-refractivity contribution is 7.09. The SMILES string of the molecule is CC1=CC(O)CC(O)Cc2nc(cs2)C(=O)N2CCCC2C(=O)OC(C(C)C)C(C)/C=C/C(=O)NCC=C1. The number of carbonyl (C=O) groups is 3. The van der Waals surface area contributed by atoms with Gasteiger partial charge in [0, 0.05) is 37.2 Å². The molecule has 3 rings (SSSR count). The number of amides is 2. The zero-order chi connectivity index (χ0) is 27.8. The van der Waals surface area contributed by atoms with E-state index in [1.165, 1.54) is 22.3 Å². The summed E-state index contributed by atoms with van der Waals surface area (Å²) in [5.41, 5.74) is 1.03. The number of aliphatic hydroxyl groups is 2. The smallest absolute Gasteiger partial charge is 0.329 e. The molecule has 10 heteroatoms. The first kappa shape index (κ1) is 29.7. The summed E-state index contributed by atoms with van der Waals surface area (Å²) in [7, 11) is 0. The molecule has 1 aromatic heterocycles. The van der Waals surface area contributed by atoms with Gasteiger partial charge in [0.15, 0.2) is 0 Å². The molecule has 2 aliphatic heterocycles. The van der Waals surface area contributed by atoms with Gasteiger partial charge in [-0.2, -0.15) is 0 Å². The van der Waals surface area contributed by atoms with E-state index in [2.05, 4.69) is 10.3 Å². The molecule has 38 heavy (non-hydrogen) atoms. The van der Waals surface area contributed by atoms with Gasteiger partial charge in [-0.25, -0.2) is 9.78 Å². The van der Waals surface area contributed by atoms with E-state index in [1.54, 1.807) is 29.7 Å². The second-order valence-electron chi connectivity index (χ2n) is 10.4. The fraction of sp³-hybridized carbons (Fsp3) is 0.571. The first-order valence-corrected chi connectivity index (χ1v) is 14.1. The predicted molar refractivity (Wildman–Crippen MR) is 145 cm³/mol. The second kappa shape index (κ2) is 13.8. The molecule has 2 aliphatic rings. The Morgan fingerprint density at radius 3 is 2.71 bits per heavy atom. The summed E-state index contributed by atoms with van der Waals surface area (Å²) in [5.74, 6) is -1.27. The van der Waals surface area contributed by atoms with E-state index in [9.17, 15) is 24.6 Å². The lowest BCUT2D eigenvalue weighted by molar-refractivity contribution is -0.158. The maximum absolute atomic E-state index is 13.3. The second-order valence-corrected chi connectivity index (χ2v) is 11.3. The van der Waals surface area contributed by atoms with Crippen LogP contribution in [0.1, 0.15) is 62.5 Å². The Bertz CT molecular complexity index is 1080. The van der Waals surface area contributed by atoms with E-state index in [0.717, 1.165) is 5.57 Å². The van der Waals surface area contributed by atoms with E-state index >= 15 is 0 Å². The summed E-state index contributed by atoms with van der Waals surface area (Å²) in [6.45, 7) is 8.37. The Morgan fingerprint density at radius 1 is 1.21 bits per heavy atom. The number of hydrogen-bond acceptors (Lipinski definition) is 8. The molecule has 0 aliphatic carbocycles. The molecule has 3 N–H and O–H groups in total. The lowest BCUT2D eigenvalue weighted by Crippen LogP contribution is -2.44. The molecule has 5 unspecified atom stereocenters. The minimum Gasteiger partial charge on any atom is -0.460 e. The molecule has 2 amide bonds. The van der Waals surface area contributed by atoms with Crippen LogP contribution in [0.4, 0.5) is 0 Å². The standard InChI is InChI=1S/C28H39N3O6S/c1-17(2)26-19(4)9-10-24(34)29-11-5-7-18(3)13-20(32)14-21(33)15-25-30-22(16-38-25)27(35)31-12-6-8-23(31)28(36)37-26/h5,7,9-10,13,16-17,19-21,23,26,32-33H,6,8,11-12,14-15H2,1-4H3,(H,29,34)/b7-5?,10-9+,18-13?. The zero-order valence-corrected chi connectivity index (χ0v) is 23.3. The van der Waals surface area contributed by atoms with Crippen molar-refractivity contribution < 1.29 is 29.3 Å². The minimum atomic E-state index is -0.860. The van der Waals surface area contributed by atoms with Gasteiger partial charge < -0.3 is 25.2 Å². The molecular weight excluding hydrogens is 506 g/mol. The number of ether oxygens (including phenoxy) is 1. The minimum absolute atomic E-state index is 0.00210. The number of fused-ring (bicyclic) bond motifs is 3. The van der Waals surface area contributed by atoms with Crippen LogP contribution in [0, 0.1) is 11.8 Å². The van der Waals surface area contributed by atoms with Crippen LogP contribution in [0.5, 0.6) is 0 Å². The fourth-order valence-electron chi connectivity index (χ4n) is 4.77. The van der Waals surface area contributed by atoms with Gasteiger partial charge in [0.25, 0.3) is 5.91 Å². The lowest BCUT2D eigenvalue weighted by Gasteiger charge is -2.29. The van der Waals surface area contributed by atoms with Gasteiger partial charge in [-0.3, -0.25) is 9.59 Å². The van der Waals surface area contributed by atoms with Gasteiger partial charge in [0.05, 0.1) is 17.2 Å². The molecule has 9 nitrogen and oxygen atoms in total. The number of hydrogen-bond donors (Lipinski definition) is 3. The van der Waals surface area contributed by atoms with Crippen LogP contribution in [-0.2, 0) is 20.7 Å². The van der Waals surface area contributed by atoms with Gasteiger partial charge in [0.1, 0.15) is 17.8 Å². The number of rotatable bonds is 1. The Labute approximate surface area is 228 Å². The summed E-state index contributed by atoms with van der Waals surface area (Å²) >= 11 is 1.27. The van der Waals surface area contributed by atoms with Crippen LogP contribution < -0.4 is 5.32 Å². The molecule has 2 bridgehead atoms. The maximum Gasteiger partial charge on any atom is 0.329 e. The average Bonchev–Trinajstić information content (AvgIpc) is 3.52. The van der Waals surface area contributed by atoms with Crippen molar-refractivity contribution in [2.24, 2.45) is 11.8 Å². The highest BCUT2D eigenvalue weighted by Gasteiger charge is 2.38. The normalized spacial score (nSPS) is 29.4. The number of aromatic nitrogens is 1. The lowest BCUT2D eigenvalue weighted by atomic mass is 9.94. The van der Waals surface area contributed by atoms with E-state index in [1.807, 2.05) is 27.7 Å². The van der Waals surface area contributed by atoms with Gasteiger partial charge in [0.2, 0.25) is 5.91 Å². The highest BCUT2D eigenvalue weighted by atomic mass is 32.1. The quantitative estimate of drug-likeness (QED) is 0.463. The maximum atomic E-state index is 13.3.